The number of alkyl halides is 3. The van der Waals surface area contributed by atoms with E-state index in [1.54, 1.807) is 19.4 Å². The third-order valence-electron chi connectivity index (χ3n) is 3.24. The fourth-order valence-corrected chi connectivity index (χ4v) is 2.12. The summed E-state index contributed by atoms with van der Waals surface area (Å²) in [7, 11) is 1.68. The Morgan fingerprint density at radius 2 is 1.81 bits per heavy atom. The number of hydrogen-bond donors (Lipinski definition) is 1. The van der Waals surface area contributed by atoms with Gasteiger partial charge >= 0.3 is 6.18 Å². The van der Waals surface area contributed by atoms with Gasteiger partial charge in [-0.05, 0) is 48.9 Å². The van der Waals surface area contributed by atoms with Gasteiger partial charge in [-0.25, -0.2) is 4.39 Å². The van der Waals surface area contributed by atoms with E-state index in [1.807, 2.05) is 12.1 Å². The average Bonchev–Trinajstić information content (AvgIpc) is 2.44. The van der Waals surface area contributed by atoms with Crippen LogP contribution in [0.1, 0.15) is 22.7 Å². The molecule has 0 radical (unpaired) electrons. The first kappa shape index (κ1) is 15.4. The van der Waals surface area contributed by atoms with E-state index in [4.69, 9.17) is 0 Å². The highest BCUT2D eigenvalue weighted by molar-refractivity contribution is 5.29. The third-order valence-corrected chi connectivity index (χ3v) is 3.24. The van der Waals surface area contributed by atoms with E-state index in [-0.39, 0.29) is 6.04 Å². The molecule has 1 aromatic heterocycles. The molecule has 0 spiro atoms. The highest BCUT2D eigenvalue weighted by atomic mass is 19.4. The van der Waals surface area contributed by atoms with Crippen molar-refractivity contribution in [2.24, 2.45) is 0 Å². The van der Waals surface area contributed by atoms with Crippen molar-refractivity contribution in [3.05, 3.63) is 65.2 Å². The molecule has 0 aliphatic carbocycles. The highest BCUT2D eigenvalue weighted by Crippen LogP contribution is 2.32. The Labute approximate surface area is 119 Å². The summed E-state index contributed by atoms with van der Waals surface area (Å²) in [5.41, 5.74) is 0.189. The average molecular weight is 298 g/mol. The molecule has 0 fully saturated rings. The maximum Gasteiger partial charge on any atom is 0.419 e. The quantitative estimate of drug-likeness (QED) is 0.870. The largest absolute Gasteiger partial charge is 0.419 e. The van der Waals surface area contributed by atoms with Crippen LogP contribution in [0.15, 0.2) is 42.7 Å². The van der Waals surface area contributed by atoms with E-state index in [2.05, 4.69) is 10.3 Å². The number of benzene rings is 1. The Bertz CT molecular complexity index is 596. The molecule has 112 valence electrons. The van der Waals surface area contributed by atoms with Gasteiger partial charge in [0.15, 0.2) is 0 Å². The van der Waals surface area contributed by atoms with Crippen LogP contribution in [-0.4, -0.2) is 12.0 Å². The smallest absolute Gasteiger partial charge is 0.313 e. The summed E-state index contributed by atoms with van der Waals surface area (Å²) < 4.78 is 51.3. The van der Waals surface area contributed by atoms with Gasteiger partial charge in [0.05, 0.1) is 5.56 Å². The van der Waals surface area contributed by atoms with E-state index in [9.17, 15) is 17.6 Å². The fraction of sp³-hybridized carbons (Fsp3) is 0.267. The normalized spacial score (nSPS) is 13.2. The Morgan fingerprint density at radius 1 is 1.14 bits per heavy atom. The van der Waals surface area contributed by atoms with Gasteiger partial charge in [0, 0.05) is 18.4 Å². The number of nitrogens with zero attached hydrogens (tertiary/aromatic N) is 1. The molecule has 1 aromatic carbocycles. The lowest BCUT2D eigenvalue weighted by molar-refractivity contribution is -0.140. The summed E-state index contributed by atoms with van der Waals surface area (Å²) in [4.78, 5) is 3.90. The first-order chi connectivity index (χ1) is 9.91. The number of hydrogen-bond acceptors (Lipinski definition) is 2. The molecular weight excluding hydrogens is 284 g/mol. The molecule has 0 saturated carbocycles. The zero-order valence-corrected chi connectivity index (χ0v) is 11.3. The van der Waals surface area contributed by atoms with E-state index in [1.165, 1.54) is 6.07 Å². The fourth-order valence-electron chi connectivity index (χ4n) is 2.12. The summed E-state index contributed by atoms with van der Waals surface area (Å²) >= 11 is 0. The molecule has 6 heteroatoms. The maximum absolute atomic E-state index is 13.6. The minimum Gasteiger partial charge on any atom is -0.313 e. The van der Waals surface area contributed by atoms with Crippen LogP contribution < -0.4 is 5.32 Å². The SMILES string of the molecule is CNC(Cc1ccncc1)c1ccc(C(F)(F)F)c(F)c1. The van der Waals surface area contributed by atoms with Crippen LogP contribution in [0.5, 0.6) is 0 Å². The van der Waals surface area contributed by atoms with Crippen LogP contribution in [0.3, 0.4) is 0 Å². The first-order valence-electron chi connectivity index (χ1n) is 6.34. The monoisotopic (exact) mass is 298 g/mol. The van der Waals surface area contributed by atoms with Crippen LogP contribution in [0, 0.1) is 5.82 Å². The van der Waals surface area contributed by atoms with Crippen LogP contribution >= 0.6 is 0 Å². The van der Waals surface area contributed by atoms with Crippen molar-refractivity contribution in [2.75, 3.05) is 7.05 Å². The molecule has 1 N–H and O–H groups in total. The van der Waals surface area contributed by atoms with Crippen molar-refractivity contribution in [3.63, 3.8) is 0 Å². The molecular formula is C15H14F4N2. The molecule has 1 heterocycles. The highest BCUT2D eigenvalue weighted by Gasteiger charge is 2.34. The Morgan fingerprint density at radius 3 is 2.33 bits per heavy atom. The van der Waals surface area contributed by atoms with Gasteiger partial charge < -0.3 is 5.32 Å². The number of pyridine rings is 1. The molecule has 1 atom stereocenters. The molecule has 0 amide bonds. The predicted octanol–water partition coefficient (Wildman–Crippen LogP) is 3.74. The maximum atomic E-state index is 13.6. The summed E-state index contributed by atoms with van der Waals surface area (Å²) in [5, 5.41) is 2.98. The van der Waals surface area contributed by atoms with Crippen LogP contribution in [0.2, 0.25) is 0 Å². The second-order valence-corrected chi connectivity index (χ2v) is 4.64. The first-order valence-corrected chi connectivity index (χ1v) is 6.34. The van der Waals surface area contributed by atoms with Gasteiger partial charge in [0.2, 0.25) is 0 Å². The Hall–Kier alpha value is -1.95. The number of likely N-dealkylation sites (N-methyl/N-ethyl adjacent to an activating group) is 1. The molecule has 0 saturated heterocycles. The second-order valence-electron chi connectivity index (χ2n) is 4.64. The molecule has 0 bridgehead atoms. The van der Waals surface area contributed by atoms with E-state index in [0.717, 1.165) is 17.7 Å². The summed E-state index contributed by atoms with van der Waals surface area (Å²) in [6.07, 6.45) is -0.878. The van der Waals surface area contributed by atoms with Gasteiger partial charge in [0.1, 0.15) is 5.82 Å². The number of nitrogens with one attached hydrogen (secondary N) is 1. The Kier molecular flexibility index (Phi) is 4.57. The van der Waals surface area contributed by atoms with Crippen molar-refractivity contribution in [1.29, 1.82) is 0 Å². The van der Waals surface area contributed by atoms with Crippen molar-refractivity contribution >= 4 is 0 Å². The van der Waals surface area contributed by atoms with Crippen molar-refractivity contribution in [3.8, 4) is 0 Å². The van der Waals surface area contributed by atoms with Crippen molar-refractivity contribution in [2.45, 2.75) is 18.6 Å². The van der Waals surface area contributed by atoms with Crippen LogP contribution in [-0.2, 0) is 12.6 Å². The Balaban J connectivity index is 2.25. The number of halogens is 4. The van der Waals surface area contributed by atoms with Crippen molar-refractivity contribution < 1.29 is 17.6 Å². The van der Waals surface area contributed by atoms with E-state index in [0.29, 0.717) is 12.0 Å². The minimum absolute atomic E-state index is 0.274. The van der Waals surface area contributed by atoms with Gasteiger partial charge in [-0.3, -0.25) is 4.98 Å². The molecule has 21 heavy (non-hydrogen) atoms. The van der Waals surface area contributed by atoms with E-state index >= 15 is 0 Å². The predicted molar refractivity (Wildman–Crippen MR) is 71.1 cm³/mol. The van der Waals surface area contributed by atoms with E-state index < -0.39 is 17.6 Å². The lowest BCUT2D eigenvalue weighted by Crippen LogP contribution is -2.19. The molecule has 2 nitrogen and oxygen atoms in total. The summed E-state index contributed by atoms with van der Waals surface area (Å²) in [6, 6.07) is 6.36. The molecule has 2 rings (SSSR count). The molecule has 0 aliphatic rings. The van der Waals surface area contributed by atoms with Crippen LogP contribution in [0.4, 0.5) is 17.6 Å². The summed E-state index contributed by atoms with van der Waals surface area (Å²) in [6.45, 7) is 0. The standard InChI is InChI=1S/C15H14F4N2/c1-20-14(8-10-4-6-21-7-5-10)11-2-3-12(13(16)9-11)15(17,18)19/h2-7,9,14,20H,8H2,1H3. The second kappa shape index (κ2) is 6.22. The number of rotatable bonds is 4. The number of aromatic nitrogens is 1. The van der Waals surface area contributed by atoms with Gasteiger partial charge in [0.25, 0.3) is 0 Å². The van der Waals surface area contributed by atoms with Gasteiger partial charge in [-0.1, -0.05) is 6.07 Å². The zero-order chi connectivity index (χ0) is 15.5. The topological polar surface area (TPSA) is 24.9 Å². The molecule has 0 aliphatic heterocycles. The van der Waals surface area contributed by atoms with Gasteiger partial charge in [-0.2, -0.15) is 13.2 Å². The molecule has 1 unspecified atom stereocenters. The van der Waals surface area contributed by atoms with Crippen LogP contribution in [0.25, 0.3) is 0 Å². The lowest BCUT2D eigenvalue weighted by atomic mass is 9.98. The van der Waals surface area contributed by atoms with Crippen molar-refractivity contribution in [1.82, 2.24) is 10.3 Å². The summed E-state index contributed by atoms with van der Waals surface area (Å²) in [5.74, 6) is -1.25. The minimum atomic E-state index is -4.68. The van der Waals surface area contributed by atoms with Gasteiger partial charge in [-0.15, -0.1) is 0 Å². The zero-order valence-electron chi connectivity index (χ0n) is 11.3. The third kappa shape index (κ3) is 3.78. The molecule has 2 aromatic rings. The lowest BCUT2D eigenvalue weighted by Gasteiger charge is -2.18.